The Balaban J connectivity index is 1.56. The SMILES string of the molecule is CCOc1ccc2n[nH]c([C@H]3C=C(N4CCN(S(C)(=O)=O)CC4)NC=N3)c2c1. The van der Waals surface area contributed by atoms with Crippen molar-refractivity contribution in [1.29, 1.82) is 0 Å². The highest BCUT2D eigenvalue weighted by Gasteiger charge is 2.26. The highest BCUT2D eigenvalue weighted by atomic mass is 32.2. The zero-order chi connectivity index (χ0) is 19.7. The number of piperazine rings is 1. The summed E-state index contributed by atoms with van der Waals surface area (Å²) in [5, 5.41) is 11.6. The number of ether oxygens (including phenoxy) is 1. The van der Waals surface area contributed by atoms with Gasteiger partial charge in [-0.15, -0.1) is 0 Å². The van der Waals surface area contributed by atoms with Crippen molar-refractivity contribution in [3.05, 3.63) is 35.8 Å². The topological polar surface area (TPSA) is 103 Å². The lowest BCUT2D eigenvalue weighted by Gasteiger charge is -2.36. The van der Waals surface area contributed by atoms with E-state index in [1.165, 1.54) is 10.6 Å². The number of fused-ring (bicyclic) bond motifs is 1. The summed E-state index contributed by atoms with van der Waals surface area (Å²) in [6.45, 7) is 4.77. The maximum absolute atomic E-state index is 11.7. The summed E-state index contributed by atoms with van der Waals surface area (Å²) in [4.78, 5) is 6.68. The van der Waals surface area contributed by atoms with Crippen LogP contribution in [0.3, 0.4) is 0 Å². The van der Waals surface area contributed by atoms with E-state index in [0.29, 0.717) is 32.8 Å². The number of H-pyrrole nitrogens is 1. The molecule has 4 rings (SSSR count). The Hall–Kier alpha value is -2.59. The molecule has 1 aromatic heterocycles. The van der Waals surface area contributed by atoms with E-state index in [0.717, 1.165) is 28.2 Å². The molecule has 3 heterocycles. The Morgan fingerprint density at radius 1 is 1.25 bits per heavy atom. The highest BCUT2D eigenvalue weighted by Crippen LogP contribution is 2.30. The molecule has 1 fully saturated rings. The van der Waals surface area contributed by atoms with E-state index in [-0.39, 0.29) is 6.04 Å². The summed E-state index contributed by atoms with van der Waals surface area (Å²) in [6, 6.07) is 5.62. The van der Waals surface area contributed by atoms with E-state index in [1.807, 2.05) is 31.2 Å². The Morgan fingerprint density at radius 3 is 2.75 bits per heavy atom. The molecule has 2 N–H and O–H groups in total. The first-order chi connectivity index (χ1) is 13.5. The number of sulfonamides is 1. The number of aliphatic imine (C=N–C) groups is 1. The summed E-state index contributed by atoms with van der Waals surface area (Å²) in [7, 11) is -3.14. The summed E-state index contributed by atoms with van der Waals surface area (Å²) in [5.41, 5.74) is 1.77. The van der Waals surface area contributed by atoms with Crippen molar-refractivity contribution in [2.75, 3.05) is 39.0 Å². The van der Waals surface area contributed by atoms with E-state index in [2.05, 4.69) is 25.4 Å². The molecule has 1 aromatic carbocycles. The number of hydrogen-bond donors (Lipinski definition) is 2. The molecule has 0 spiro atoms. The summed E-state index contributed by atoms with van der Waals surface area (Å²) < 4.78 is 30.5. The van der Waals surface area contributed by atoms with E-state index in [9.17, 15) is 8.42 Å². The van der Waals surface area contributed by atoms with Crippen molar-refractivity contribution in [2.24, 2.45) is 4.99 Å². The molecule has 0 radical (unpaired) electrons. The molecule has 28 heavy (non-hydrogen) atoms. The number of aromatic nitrogens is 2. The Labute approximate surface area is 164 Å². The van der Waals surface area contributed by atoms with E-state index >= 15 is 0 Å². The fourth-order valence-electron chi connectivity index (χ4n) is 3.53. The molecule has 0 aliphatic carbocycles. The van der Waals surface area contributed by atoms with Crippen LogP contribution < -0.4 is 10.1 Å². The third-order valence-electron chi connectivity index (χ3n) is 4.97. The molecule has 1 atom stereocenters. The quantitative estimate of drug-likeness (QED) is 0.772. The molecule has 0 bridgehead atoms. The third kappa shape index (κ3) is 3.69. The predicted molar refractivity (Wildman–Crippen MR) is 108 cm³/mol. The van der Waals surface area contributed by atoms with Crippen LogP contribution in [0.15, 0.2) is 35.1 Å². The van der Waals surface area contributed by atoms with E-state index in [1.54, 1.807) is 6.34 Å². The van der Waals surface area contributed by atoms with Gasteiger partial charge in [-0.25, -0.2) is 8.42 Å². The molecular weight excluding hydrogens is 380 g/mol. The monoisotopic (exact) mass is 404 g/mol. The standard InChI is InChI=1S/C18H24N6O3S/c1-3-27-13-4-5-15-14(10-13)18(22-21-15)16-11-17(20-12-19-16)23-6-8-24(9-7-23)28(2,25)26/h4-5,10-12,16H,3,6-9H2,1-2H3,(H,19,20)(H,21,22)/t16-/m1/s1. The van der Waals surface area contributed by atoms with Gasteiger partial charge in [-0.2, -0.15) is 9.40 Å². The Bertz CT molecular complexity index is 1020. The zero-order valence-corrected chi connectivity index (χ0v) is 16.7. The van der Waals surface area contributed by atoms with Gasteiger partial charge in [-0.05, 0) is 31.2 Å². The molecule has 2 aliphatic heterocycles. The van der Waals surface area contributed by atoms with Gasteiger partial charge in [0.2, 0.25) is 10.0 Å². The first-order valence-electron chi connectivity index (χ1n) is 9.26. The summed E-state index contributed by atoms with van der Waals surface area (Å²) in [5.74, 6) is 1.73. The van der Waals surface area contributed by atoms with E-state index < -0.39 is 10.0 Å². The normalized spacial score (nSPS) is 20.9. The Kier molecular flexibility index (Phi) is 4.98. The second-order valence-corrected chi connectivity index (χ2v) is 8.80. The first-order valence-corrected chi connectivity index (χ1v) is 11.1. The molecule has 0 unspecified atom stereocenters. The predicted octanol–water partition coefficient (Wildman–Crippen LogP) is 1.05. The number of aromatic amines is 1. The summed E-state index contributed by atoms with van der Waals surface area (Å²) in [6.07, 6.45) is 4.97. The van der Waals surface area contributed by atoms with Crippen molar-refractivity contribution in [3.8, 4) is 5.75 Å². The lowest BCUT2D eigenvalue weighted by molar-refractivity contribution is 0.222. The van der Waals surface area contributed by atoms with Crippen LogP contribution in [0.1, 0.15) is 18.7 Å². The van der Waals surface area contributed by atoms with Gasteiger partial charge in [-0.3, -0.25) is 10.1 Å². The van der Waals surface area contributed by atoms with Crippen LogP contribution in [0.25, 0.3) is 10.9 Å². The lowest BCUT2D eigenvalue weighted by atomic mass is 10.1. The van der Waals surface area contributed by atoms with Gasteiger partial charge < -0.3 is 15.0 Å². The van der Waals surface area contributed by atoms with Gasteiger partial charge in [0.1, 0.15) is 17.6 Å². The first kappa shape index (κ1) is 18.8. The Morgan fingerprint density at radius 2 is 2.04 bits per heavy atom. The highest BCUT2D eigenvalue weighted by molar-refractivity contribution is 7.88. The number of hydrogen-bond acceptors (Lipinski definition) is 7. The maximum atomic E-state index is 11.7. The van der Waals surface area contributed by atoms with Gasteiger partial charge in [0.05, 0.1) is 30.4 Å². The molecule has 2 aliphatic rings. The van der Waals surface area contributed by atoms with Gasteiger partial charge in [0, 0.05) is 31.6 Å². The summed E-state index contributed by atoms with van der Waals surface area (Å²) >= 11 is 0. The van der Waals surface area contributed by atoms with Crippen LogP contribution in [-0.2, 0) is 10.0 Å². The van der Waals surface area contributed by atoms with Gasteiger partial charge in [0.15, 0.2) is 0 Å². The molecule has 2 aromatic rings. The van der Waals surface area contributed by atoms with Crippen LogP contribution in [0.4, 0.5) is 0 Å². The van der Waals surface area contributed by atoms with Crippen LogP contribution in [0.2, 0.25) is 0 Å². The molecular formula is C18H24N6O3S. The molecule has 0 amide bonds. The average Bonchev–Trinajstić information content (AvgIpc) is 3.11. The van der Waals surface area contributed by atoms with Crippen LogP contribution in [0, 0.1) is 0 Å². The minimum Gasteiger partial charge on any atom is -0.494 e. The second kappa shape index (κ2) is 7.44. The van der Waals surface area contributed by atoms with Crippen molar-refractivity contribution in [2.45, 2.75) is 13.0 Å². The number of benzene rings is 1. The van der Waals surface area contributed by atoms with Gasteiger partial charge in [-0.1, -0.05) is 0 Å². The average molecular weight is 404 g/mol. The largest absolute Gasteiger partial charge is 0.494 e. The van der Waals surface area contributed by atoms with Crippen LogP contribution >= 0.6 is 0 Å². The molecule has 9 nitrogen and oxygen atoms in total. The minimum absolute atomic E-state index is 0.203. The molecule has 10 heteroatoms. The number of rotatable bonds is 5. The lowest BCUT2D eigenvalue weighted by Crippen LogP contribution is -2.49. The third-order valence-corrected chi connectivity index (χ3v) is 6.28. The minimum atomic E-state index is -3.14. The zero-order valence-electron chi connectivity index (χ0n) is 15.9. The maximum Gasteiger partial charge on any atom is 0.211 e. The van der Waals surface area contributed by atoms with Gasteiger partial charge >= 0.3 is 0 Å². The number of nitrogens with one attached hydrogen (secondary N) is 2. The fraction of sp³-hybridized carbons (Fsp3) is 0.444. The second-order valence-electron chi connectivity index (χ2n) is 6.82. The van der Waals surface area contributed by atoms with Crippen molar-refractivity contribution < 1.29 is 13.2 Å². The molecule has 0 saturated carbocycles. The molecule has 1 saturated heterocycles. The van der Waals surface area contributed by atoms with Crippen molar-refractivity contribution >= 4 is 27.3 Å². The van der Waals surface area contributed by atoms with Gasteiger partial charge in [0.25, 0.3) is 0 Å². The number of nitrogens with zero attached hydrogens (tertiary/aromatic N) is 4. The molecule has 150 valence electrons. The smallest absolute Gasteiger partial charge is 0.211 e. The van der Waals surface area contributed by atoms with Crippen molar-refractivity contribution in [3.63, 3.8) is 0 Å². The van der Waals surface area contributed by atoms with Crippen LogP contribution in [0.5, 0.6) is 5.75 Å². The fourth-order valence-corrected chi connectivity index (χ4v) is 4.36. The van der Waals surface area contributed by atoms with Crippen LogP contribution in [-0.4, -0.2) is 73.2 Å². The van der Waals surface area contributed by atoms with E-state index in [4.69, 9.17) is 4.74 Å². The van der Waals surface area contributed by atoms with Crippen molar-refractivity contribution in [1.82, 2.24) is 24.7 Å².